The van der Waals surface area contributed by atoms with Crippen LogP contribution in [-0.2, 0) is 10.0 Å². The van der Waals surface area contributed by atoms with Crippen molar-refractivity contribution in [2.24, 2.45) is 5.14 Å². The molecule has 1 aromatic heterocycles. The predicted molar refractivity (Wildman–Crippen MR) is 85.4 cm³/mol. The third kappa shape index (κ3) is 2.93. The molecule has 0 saturated carbocycles. The Labute approximate surface area is 129 Å². The summed E-state index contributed by atoms with van der Waals surface area (Å²) in [7, 11) is -3.82. The second-order valence-electron chi connectivity index (χ2n) is 4.94. The van der Waals surface area contributed by atoms with Gasteiger partial charge in [-0.05, 0) is 22.8 Å². The van der Waals surface area contributed by atoms with Gasteiger partial charge < -0.3 is 4.57 Å². The van der Waals surface area contributed by atoms with Crippen molar-refractivity contribution in [2.45, 2.75) is 5.37 Å². The van der Waals surface area contributed by atoms with Gasteiger partial charge in [0.25, 0.3) is 0 Å². The highest BCUT2D eigenvalue weighted by atomic mass is 32.2. The molecule has 1 atom stereocenters. The van der Waals surface area contributed by atoms with Gasteiger partial charge in [0.15, 0.2) is 5.37 Å². The van der Waals surface area contributed by atoms with Crippen LogP contribution >= 0.6 is 0 Å². The van der Waals surface area contributed by atoms with Crippen molar-refractivity contribution in [1.82, 2.24) is 9.55 Å². The molecule has 0 fully saturated rings. The van der Waals surface area contributed by atoms with Crippen LogP contribution in [0.15, 0.2) is 73.3 Å². The number of benzene rings is 2. The van der Waals surface area contributed by atoms with E-state index in [9.17, 15) is 8.42 Å². The van der Waals surface area contributed by atoms with E-state index < -0.39 is 15.4 Å². The molecule has 0 spiro atoms. The second kappa shape index (κ2) is 5.75. The Morgan fingerprint density at radius 2 is 1.73 bits per heavy atom. The summed E-state index contributed by atoms with van der Waals surface area (Å²) in [5, 5.41) is 4.43. The number of nitrogens with two attached hydrogens (primary N) is 1. The fourth-order valence-electron chi connectivity index (χ4n) is 2.44. The maximum absolute atomic E-state index is 12.0. The maximum Gasteiger partial charge on any atom is 0.235 e. The van der Waals surface area contributed by atoms with E-state index in [1.807, 2.05) is 48.5 Å². The minimum absolute atomic E-state index is 0.599. The minimum atomic E-state index is -3.82. The van der Waals surface area contributed by atoms with Crippen molar-refractivity contribution in [3.63, 3.8) is 0 Å². The van der Waals surface area contributed by atoms with E-state index in [0.717, 1.165) is 11.1 Å². The molecular weight excluding hydrogens is 298 g/mol. The van der Waals surface area contributed by atoms with Gasteiger partial charge in [0.05, 0.1) is 6.33 Å². The van der Waals surface area contributed by atoms with Crippen molar-refractivity contribution in [2.75, 3.05) is 0 Å². The summed E-state index contributed by atoms with van der Waals surface area (Å²) in [4.78, 5) is 3.91. The first-order valence-electron chi connectivity index (χ1n) is 6.70. The predicted octanol–water partition coefficient (Wildman–Crippen LogP) is 2.39. The van der Waals surface area contributed by atoms with Gasteiger partial charge >= 0.3 is 0 Å². The Bertz CT molecular complexity index is 859. The van der Waals surface area contributed by atoms with Gasteiger partial charge in [-0.1, -0.05) is 48.5 Å². The Morgan fingerprint density at radius 3 is 2.36 bits per heavy atom. The smallest absolute Gasteiger partial charge is 0.235 e. The zero-order valence-electron chi connectivity index (χ0n) is 11.7. The Hall–Kier alpha value is -2.44. The van der Waals surface area contributed by atoms with E-state index in [-0.39, 0.29) is 0 Å². The molecule has 0 aliphatic carbocycles. The normalized spacial score (nSPS) is 13.0. The van der Waals surface area contributed by atoms with E-state index in [4.69, 9.17) is 5.14 Å². The summed E-state index contributed by atoms with van der Waals surface area (Å²) >= 11 is 0. The minimum Gasteiger partial charge on any atom is -0.315 e. The van der Waals surface area contributed by atoms with Crippen molar-refractivity contribution < 1.29 is 8.42 Å². The van der Waals surface area contributed by atoms with Crippen LogP contribution in [0.3, 0.4) is 0 Å². The zero-order chi connectivity index (χ0) is 15.6. The summed E-state index contributed by atoms with van der Waals surface area (Å²) in [6, 6.07) is 17.1. The molecule has 0 amide bonds. The Morgan fingerprint density at radius 1 is 1.00 bits per heavy atom. The standard InChI is InChI=1S/C16H15N3O2S/c17-22(20,21)16(19-10-9-18-12-19)15-8-4-7-14(11-15)13-5-2-1-3-6-13/h1-12,16H,(H2,17,20,21). The number of sulfonamides is 1. The molecule has 2 N–H and O–H groups in total. The fourth-order valence-corrected chi connectivity index (χ4v) is 3.43. The lowest BCUT2D eigenvalue weighted by Gasteiger charge is -2.17. The summed E-state index contributed by atoms with van der Waals surface area (Å²) in [6.07, 6.45) is 4.56. The van der Waals surface area contributed by atoms with E-state index in [2.05, 4.69) is 4.98 Å². The molecule has 0 aliphatic rings. The lowest BCUT2D eigenvalue weighted by Crippen LogP contribution is -2.26. The summed E-state index contributed by atoms with van der Waals surface area (Å²) in [5.41, 5.74) is 2.55. The number of aromatic nitrogens is 2. The molecule has 22 heavy (non-hydrogen) atoms. The third-order valence-corrected chi connectivity index (χ3v) is 4.52. The lowest BCUT2D eigenvalue weighted by molar-refractivity contribution is 0.569. The largest absolute Gasteiger partial charge is 0.315 e. The molecule has 112 valence electrons. The fraction of sp³-hybridized carbons (Fsp3) is 0.0625. The zero-order valence-corrected chi connectivity index (χ0v) is 12.5. The van der Waals surface area contributed by atoms with Crippen LogP contribution in [0.1, 0.15) is 10.9 Å². The first-order valence-corrected chi connectivity index (χ1v) is 8.31. The molecule has 5 nitrogen and oxygen atoms in total. The van der Waals surface area contributed by atoms with Gasteiger partial charge in [-0.15, -0.1) is 0 Å². The highest BCUT2D eigenvalue weighted by Gasteiger charge is 2.25. The van der Waals surface area contributed by atoms with Gasteiger partial charge in [-0.2, -0.15) is 0 Å². The quantitative estimate of drug-likeness (QED) is 0.803. The molecule has 6 heteroatoms. The Balaban J connectivity index is 2.11. The number of primary sulfonamides is 1. The first kappa shape index (κ1) is 14.5. The average molecular weight is 313 g/mol. The SMILES string of the molecule is NS(=O)(=O)C(c1cccc(-c2ccccc2)c1)n1ccnc1. The number of hydrogen-bond acceptors (Lipinski definition) is 3. The lowest BCUT2D eigenvalue weighted by atomic mass is 10.0. The van der Waals surface area contributed by atoms with E-state index in [0.29, 0.717) is 5.56 Å². The molecule has 0 bridgehead atoms. The van der Waals surface area contributed by atoms with Crippen molar-refractivity contribution in [3.05, 3.63) is 78.9 Å². The third-order valence-electron chi connectivity index (χ3n) is 3.39. The van der Waals surface area contributed by atoms with E-state index in [1.54, 1.807) is 12.3 Å². The Kier molecular flexibility index (Phi) is 3.79. The summed E-state index contributed by atoms with van der Waals surface area (Å²) in [5.74, 6) is 0. The number of imidazole rings is 1. The second-order valence-corrected chi connectivity index (χ2v) is 6.57. The molecule has 0 radical (unpaired) electrons. The number of nitrogens with zero attached hydrogens (tertiary/aromatic N) is 2. The monoisotopic (exact) mass is 313 g/mol. The van der Waals surface area contributed by atoms with Gasteiger partial charge in [-0.25, -0.2) is 18.5 Å². The van der Waals surface area contributed by atoms with E-state index in [1.165, 1.54) is 17.1 Å². The molecule has 1 unspecified atom stereocenters. The van der Waals surface area contributed by atoms with Crippen LogP contribution < -0.4 is 5.14 Å². The molecule has 0 saturated heterocycles. The topological polar surface area (TPSA) is 78.0 Å². The first-order chi connectivity index (χ1) is 10.6. The molecule has 3 aromatic rings. The summed E-state index contributed by atoms with van der Waals surface area (Å²) in [6.45, 7) is 0. The number of hydrogen-bond donors (Lipinski definition) is 1. The van der Waals surface area contributed by atoms with Gasteiger partial charge in [0.2, 0.25) is 10.0 Å². The van der Waals surface area contributed by atoms with Crippen LogP contribution in [0.4, 0.5) is 0 Å². The van der Waals surface area contributed by atoms with Crippen LogP contribution in [0.25, 0.3) is 11.1 Å². The van der Waals surface area contributed by atoms with Gasteiger partial charge in [0, 0.05) is 12.4 Å². The molecular formula is C16H15N3O2S. The maximum atomic E-state index is 12.0. The van der Waals surface area contributed by atoms with Crippen molar-refractivity contribution in [1.29, 1.82) is 0 Å². The molecule has 1 heterocycles. The summed E-state index contributed by atoms with van der Waals surface area (Å²) < 4.78 is 25.5. The highest BCUT2D eigenvalue weighted by molar-refractivity contribution is 7.89. The van der Waals surface area contributed by atoms with Gasteiger partial charge in [-0.3, -0.25) is 0 Å². The van der Waals surface area contributed by atoms with Crippen molar-refractivity contribution >= 4 is 10.0 Å². The average Bonchev–Trinajstić information content (AvgIpc) is 3.01. The molecule has 3 rings (SSSR count). The van der Waals surface area contributed by atoms with E-state index >= 15 is 0 Å². The van der Waals surface area contributed by atoms with Gasteiger partial charge in [0.1, 0.15) is 0 Å². The van der Waals surface area contributed by atoms with Crippen LogP contribution in [0.2, 0.25) is 0 Å². The van der Waals surface area contributed by atoms with Crippen LogP contribution in [0.5, 0.6) is 0 Å². The number of rotatable bonds is 4. The van der Waals surface area contributed by atoms with Crippen LogP contribution in [0, 0.1) is 0 Å². The van der Waals surface area contributed by atoms with Crippen LogP contribution in [-0.4, -0.2) is 18.0 Å². The molecule has 0 aliphatic heterocycles. The highest BCUT2D eigenvalue weighted by Crippen LogP contribution is 2.27. The van der Waals surface area contributed by atoms with Crippen molar-refractivity contribution in [3.8, 4) is 11.1 Å². The molecule has 2 aromatic carbocycles.